The van der Waals surface area contributed by atoms with Crippen molar-refractivity contribution >= 4 is 80.1 Å². The Kier molecular flexibility index (Phi) is 7.38. The molecule has 9 aromatic carbocycles. The van der Waals surface area contributed by atoms with Crippen molar-refractivity contribution in [3.05, 3.63) is 234 Å². The maximum Gasteiger partial charge on any atom is 0.0719 e. The molecule has 0 bridgehead atoms. The third kappa shape index (κ3) is 4.88. The van der Waals surface area contributed by atoms with Gasteiger partial charge in [0.25, 0.3) is 0 Å². The standard InChI is InChI=1S/C58H39NS2/c1-57(2)48-17-7-9-19-50(48)58(51-20-10-8-18-49(51)57)47-16-6-3-13-41(47)42-30-25-37(33-52(42)58)36-23-26-38(27-24-36)59(39-29-32-55-46(34-39)44-15-5-12-22-54(44)60-55)40-28-31-45-43-14-4-11-21-53(43)61-56(45)35-40/h3-35H,1-2H3. The van der Waals surface area contributed by atoms with E-state index in [1.807, 2.05) is 22.7 Å². The summed E-state index contributed by atoms with van der Waals surface area (Å²) in [6, 6.07) is 75.5. The summed E-state index contributed by atoms with van der Waals surface area (Å²) in [6.45, 7) is 4.78. The lowest BCUT2D eigenvalue weighted by molar-refractivity contribution is 0.563. The smallest absolute Gasteiger partial charge is 0.0719 e. The maximum atomic E-state index is 2.50. The van der Waals surface area contributed by atoms with Gasteiger partial charge in [0.1, 0.15) is 0 Å². The fourth-order valence-corrected chi connectivity index (χ4v) is 13.2. The topological polar surface area (TPSA) is 3.24 Å². The van der Waals surface area contributed by atoms with Gasteiger partial charge in [0.2, 0.25) is 0 Å². The molecule has 0 aliphatic heterocycles. The zero-order valence-electron chi connectivity index (χ0n) is 33.8. The Balaban J connectivity index is 0.977. The van der Waals surface area contributed by atoms with Crippen molar-refractivity contribution in [2.45, 2.75) is 24.7 Å². The minimum Gasteiger partial charge on any atom is -0.310 e. The fraction of sp³-hybridized carbons (Fsp3) is 0.0690. The predicted molar refractivity (Wildman–Crippen MR) is 262 cm³/mol. The third-order valence-corrected chi connectivity index (χ3v) is 16.0. The highest BCUT2D eigenvalue weighted by molar-refractivity contribution is 7.26. The summed E-state index contributed by atoms with van der Waals surface area (Å²) in [6.07, 6.45) is 0. The van der Waals surface area contributed by atoms with Gasteiger partial charge in [-0.1, -0.05) is 153 Å². The van der Waals surface area contributed by atoms with Crippen LogP contribution in [0.2, 0.25) is 0 Å². The van der Waals surface area contributed by atoms with Crippen molar-refractivity contribution in [1.29, 1.82) is 0 Å². The van der Waals surface area contributed by atoms with Gasteiger partial charge in [-0.25, -0.2) is 0 Å². The Morgan fingerprint density at radius 2 is 0.820 bits per heavy atom. The molecule has 0 atom stereocenters. The minimum atomic E-state index is -0.420. The molecular formula is C58H39NS2. The number of hydrogen-bond acceptors (Lipinski definition) is 3. The molecule has 0 saturated carbocycles. The lowest BCUT2D eigenvalue weighted by atomic mass is 9.55. The maximum absolute atomic E-state index is 2.50. The van der Waals surface area contributed by atoms with E-state index in [0.717, 1.165) is 17.1 Å². The molecule has 0 radical (unpaired) electrons. The van der Waals surface area contributed by atoms with Crippen LogP contribution in [-0.2, 0) is 10.8 Å². The van der Waals surface area contributed by atoms with Crippen molar-refractivity contribution in [3.8, 4) is 22.3 Å². The number of anilines is 3. The lowest BCUT2D eigenvalue weighted by Gasteiger charge is -2.46. The zero-order chi connectivity index (χ0) is 40.5. The van der Waals surface area contributed by atoms with Gasteiger partial charge in [0, 0.05) is 62.8 Å². The molecule has 1 nitrogen and oxygen atoms in total. The highest BCUT2D eigenvalue weighted by Crippen LogP contribution is 2.62. The molecule has 0 N–H and O–H groups in total. The van der Waals surface area contributed by atoms with Crippen molar-refractivity contribution in [2.24, 2.45) is 0 Å². The molecule has 2 heterocycles. The van der Waals surface area contributed by atoms with Crippen LogP contribution in [0.15, 0.2) is 200 Å². The summed E-state index contributed by atoms with van der Waals surface area (Å²) in [4.78, 5) is 2.44. The van der Waals surface area contributed by atoms with E-state index in [0.29, 0.717) is 0 Å². The Morgan fingerprint density at radius 1 is 0.328 bits per heavy atom. The monoisotopic (exact) mass is 813 g/mol. The molecule has 61 heavy (non-hydrogen) atoms. The van der Waals surface area contributed by atoms with E-state index in [1.54, 1.807) is 0 Å². The number of thiophene rings is 2. The van der Waals surface area contributed by atoms with Crippen LogP contribution in [0.25, 0.3) is 62.6 Å². The van der Waals surface area contributed by atoms with Gasteiger partial charge in [-0.3, -0.25) is 0 Å². The van der Waals surface area contributed by atoms with Crippen molar-refractivity contribution in [2.75, 3.05) is 4.90 Å². The molecule has 2 aliphatic carbocycles. The quantitative estimate of drug-likeness (QED) is 0.171. The van der Waals surface area contributed by atoms with Crippen LogP contribution in [0.3, 0.4) is 0 Å². The summed E-state index contributed by atoms with van der Waals surface area (Å²) >= 11 is 3.74. The van der Waals surface area contributed by atoms with Gasteiger partial charge in [0.15, 0.2) is 0 Å². The molecule has 3 heteroatoms. The fourth-order valence-electron chi connectivity index (χ4n) is 11.0. The van der Waals surface area contributed by atoms with E-state index >= 15 is 0 Å². The highest BCUT2D eigenvalue weighted by atomic mass is 32.1. The summed E-state index contributed by atoms with van der Waals surface area (Å²) in [7, 11) is 0. The van der Waals surface area contributed by atoms with Crippen molar-refractivity contribution < 1.29 is 0 Å². The third-order valence-electron chi connectivity index (χ3n) is 13.8. The summed E-state index contributed by atoms with van der Waals surface area (Å²) < 4.78 is 5.24. The summed E-state index contributed by atoms with van der Waals surface area (Å²) in [5.41, 5.74) is 16.3. The first-order valence-corrected chi connectivity index (χ1v) is 22.8. The molecule has 0 unspecified atom stereocenters. The number of nitrogens with zero attached hydrogens (tertiary/aromatic N) is 1. The normalized spacial score (nSPS) is 14.3. The van der Waals surface area contributed by atoms with Gasteiger partial charge in [0.05, 0.1) is 5.41 Å². The second-order valence-electron chi connectivity index (χ2n) is 17.2. The van der Waals surface area contributed by atoms with Crippen molar-refractivity contribution in [3.63, 3.8) is 0 Å². The Labute approximate surface area is 363 Å². The van der Waals surface area contributed by atoms with E-state index in [-0.39, 0.29) is 5.41 Å². The van der Waals surface area contributed by atoms with Gasteiger partial charge < -0.3 is 4.90 Å². The second kappa shape index (κ2) is 12.9. The average Bonchev–Trinajstić information content (AvgIpc) is 3.97. The number of rotatable bonds is 4. The Bertz CT molecular complexity index is 3530. The molecule has 0 fully saturated rings. The van der Waals surface area contributed by atoms with Crippen LogP contribution in [0.1, 0.15) is 47.2 Å². The number of benzene rings is 9. The summed E-state index contributed by atoms with van der Waals surface area (Å²) in [5.74, 6) is 0. The number of hydrogen-bond donors (Lipinski definition) is 0. The first-order chi connectivity index (χ1) is 30.0. The Hall–Kier alpha value is -6.78. The van der Waals surface area contributed by atoms with Crippen molar-refractivity contribution in [1.82, 2.24) is 0 Å². The van der Waals surface area contributed by atoms with E-state index in [2.05, 4.69) is 219 Å². The van der Waals surface area contributed by atoms with Crippen LogP contribution in [0.4, 0.5) is 17.1 Å². The van der Waals surface area contributed by atoms with Crippen LogP contribution in [0, 0.1) is 0 Å². The van der Waals surface area contributed by atoms with Crippen LogP contribution in [-0.4, -0.2) is 0 Å². The van der Waals surface area contributed by atoms with Gasteiger partial charge >= 0.3 is 0 Å². The van der Waals surface area contributed by atoms with Crippen LogP contribution >= 0.6 is 22.7 Å². The van der Waals surface area contributed by atoms with E-state index in [9.17, 15) is 0 Å². The minimum absolute atomic E-state index is 0.127. The molecule has 0 amide bonds. The average molecular weight is 814 g/mol. The second-order valence-corrected chi connectivity index (χ2v) is 19.4. The van der Waals surface area contributed by atoms with E-state index < -0.39 is 5.41 Å². The van der Waals surface area contributed by atoms with Gasteiger partial charge in [-0.05, 0) is 116 Å². The van der Waals surface area contributed by atoms with Crippen LogP contribution in [0.5, 0.6) is 0 Å². The van der Waals surface area contributed by atoms with E-state index in [1.165, 1.54) is 96.0 Å². The molecule has 13 rings (SSSR count). The Morgan fingerprint density at radius 3 is 1.54 bits per heavy atom. The summed E-state index contributed by atoms with van der Waals surface area (Å²) in [5, 5.41) is 5.23. The predicted octanol–water partition coefficient (Wildman–Crippen LogP) is 16.6. The molecular weight excluding hydrogens is 775 g/mol. The molecule has 11 aromatic rings. The molecule has 2 aromatic heterocycles. The van der Waals surface area contributed by atoms with Crippen LogP contribution < -0.4 is 4.90 Å². The first-order valence-electron chi connectivity index (χ1n) is 21.2. The highest BCUT2D eigenvalue weighted by Gasteiger charge is 2.53. The molecule has 1 spiro atoms. The number of fused-ring (bicyclic) bond motifs is 15. The molecule has 0 saturated heterocycles. The first kappa shape index (κ1) is 35.0. The lowest BCUT2D eigenvalue weighted by Crippen LogP contribution is -2.40. The van der Waals surface area contributed by atoms with E-state index in [4.69, 9.17) is 0 Å². The molecule has 288 valence electrons. The van der Waals surface area contributed by atoms with Gasteiger partial charge in [-0.15, -0.1) is 22.7 Å². The SMILES string of the molecule is CC1(C)c2ccccc2C2(c3ccccc3-c3ccc(-c4ccc(N(c5ccc6c(c5)sc5ccccc56)c5ccc6sc7ccccc7c6c5)cc4)cc32)c2ccccc21. The largest absolute Gasteiger partial charge is 0.310 e. The van der Waals surface area contributed by atoms with Gasteiger partial charge in [-0.2, -0.15) is 0 Å². The molecule has 2 aliphatic rings. The zero-order valence-corrected chi connectivity index (χ0v) is 35.4.